The van der Waals surface area contributed by atoms with E-state index in [-0.39, 0.29) is 5.92 Å². The Morgan fingerprint density at radius 2 is 1.95 bits per heavy atom. The lowest BCUT2D eigenvalue weighted by Gasteiger charge is -2.29. The number of hydrogen-bond acceptors (Lipinski definition) is 4. The molecule has 1 aromatic carbocycles. The van der Waals surface area contributed by atoms with Gasteiger partial charge in [0.25, 0.3) is 0 Å². The molecule has 7 heteroatoms. The zero-order chi connectivity index (χ0) is 14.3. The van der Waals surface area contributed by atoms with E-state index >= 15 is 0 Å². The molecule has 3 rings (SSSR count). The SMILES string of the molecule is O=C(O)C1CCN(c2nc3cc(Cl)c(Cl)cc3s2)CC1. The number of hydrogen-bond donors (Lipinski definition) is 1. The number of carboxylic acid groups (broad SMARTS) is 1. The smallest absolute Gasteiger partial charge is 0.306 e. The number of aromatic nitrogens is 1. The van der Waals surface area contributed by atoms with Crippen LogP contribution in [0.2, 0.25) is 10.0 Å². The first-order valence-corrected chi connectivity index (χ1v) is 7.85. The Morgan fingerprint density at radius 1 is 1.30 bits per heavy atom. The summed E-state index contributed by atoms with van der Waals surface area (Å²) >= 11 is 13.6. The minimum absolute atomic E-state index is 0.232. The minimum Gasteiger partial charge on any atom is -0.481 e. The van der Waals surface area contributed by atoms with Crippen molar-refractivity contribution >= 4 is 55.9 Å². The number of rotatable bonds is 2. The largest absolute Gasteiger partial charge is 0.481 e. The van der Waals surface area contributed by atoms with Crippen molar-refractivity contribution in [3.8, 4) is 0 Å². The number of carboxylic acids is 1. The van der Waals surface area contributed by atoms with Gasteiger partial charge in [-0.3, -0.25) is 4.79 Å². The van der Waals surface area contributed by atoms with E-state index in [1.165, 1.54) is 0 Å². The van der Waals surface area contributed by atoms with Gasteiger partial charge in [0.2, 0.25) is 0 Å². The number of nitrogens with zero attached hydrogens (tertiary/aromatic N) is 2. The molecule has 0 radical (unpaired) electrons. The van der Waals surface area contributed by atoms with Gasteiger partial charge < -0.3 is 10.0 Å². The molecule has 0 saturated carbocycles. The zero-order valence-corrected chi connectivity index (χ0v) is 12.8. The van der Waals surface area contributed by atoms with E-state index in [0.29, 0.717) is 22.9 Å². The van der Waals surface area contributed by atoms with Crippen LogP contribution in [0.1, 0.15) is 12.8 Å². The van der Waals surface area contributed by atoms with Crippen LogP contribution in [-0.2, 0) is 4.79 Å². The second kappa shape index (κ2) is 5.39. The van der Waals surface area contributed by atoms with Crippen LogP contribution in [0.15, 0.2) is 12.1 Å². The molecule has 2 aromatic rings. The van der Waals surface area contributed by atoms with Crippen LogP contribution in [0, 0.1) is 5.92 Å². The van der Waals surface area contributed by atoms with E-state index in [4.69, 9.17) is 28.3 Å². The molecule has 1 N–H and O–H groups in total. The molecule has 0 unspecified atom stereocenters. The Hall–Kier alpha value is -1.04. The van der Waals surface area contributed by atoms with Crippen molar-refractivity contribution in [1.82, 2.24) is 4.98 Å². The Morgan fingerprint density at radius 3 is 2.60 bits per heavy atom. The van der Waals surface area contributed by atoms with Crippen molar-refractivity contribution in [2.24, 2.45) is 5.92 Å². The van der Waals surface area contributed by atoms with Gasteiger partial charge in [-0.15, -0.1) is 0 Å². The summed E-state index contributed by atoms with van der Waals surface area (Å²) in [6.07, 6.45) is 1.32. The molecule has 106 valence electrons. The van der Waals surface area contributed by atoms with Gasteiger partial charge in [-0.25, -0.2) is 4.98 Å². The summed E-state index contributed by atoms with van der Waals surface area (Å²) in [7, 11) is 0. The molecule has 2 heterocycles. The third-order valence-electron chi connectivity index (χ3n) is 3.53. The minimum atomic E-state index is -0.701. The van der Waals surface area contributed by atoms with E-state index in [0.717, 1.165) is 28.4 Å². The maximum absolute atomic E-state index is 11.0. The van der Waals surface area contributed by atoms with E-state index in [1.54, 1.807) is 17.4 Å². The molecule has 0 atom stereocenters. The number of piperidine rings is 1. The number of halogens is 2. The van der Waals surface area contributed by atoms with Crippen molar-refractivity contribution in [2.45, 2.75) is 12.8 Å². The van der Waals surface area contributed by atoms with Gasteiger partial charge in [0, 0.05) is 13.1 Å². The van der Waals surface area contributed by atoms with Gasteiger partial charge in [-0.2, -0.15) is 0 Å². The highest BCUT2D eigenvalue weighted by Crippen LogP contribution is 2.35. The molecule has 20 heavy (non-hydrogen) atoms. The Bertz CT molecular complexity index is 627. The van der Waals surface area contributed by atoms with Crippen molar-refractivity contribution in [3.63, 3.8) is 0 Å². The van der Waals surface area contributed by atoms with Crippen LogP contribution >= 0.6 is 34.5 Å². The Kier molecular flexibility index (Phi) is 3.75. The van der Waals surface area contributed by atoms with E-state index < -0.39 is 5.97 Å². The molecular formula is C13H12Cl2N2O2S. The topological polar surface area (TPSA) is 53.4 Å². The monoisotopic (exact) mass is 330 g/mol. The third-order valence-corrected chi connectivity index (χ3v) is 5.34. The van der Waals surface area contributed by atoms with Gasteiger partial charge in [-0.05, 0) is 25.0 Å². The highest BCUT2D eigenvalue weighted by atomic mass is 35.5. The van der Waals surface area contributed by atoms with Crippen molar-refractivity contribution in [1.29, 1.82) is 0 Å². The van der Waals surface area contributed by atoms with Crippen molar-refractivity contribution < 1.29 is 9.90 Å². The normalized spacial score (nSPS) is 16.8. The van der Waals surface area contributed by atoms with Gasteiger partial charge in [0.05, 0.1) is 26.2 Å². The van der Waals surface area contributed by atoms with Crippen LogP contribution in [0.4, 0.5) is 5.13 Å². The second-order valence-electron chi connectivity index (χ2n) is 4.83. The fourth-order valence-electron chi connectivity index (χ4n) is 2.36. The number of thiazole rings is 1. The fraction of sp³-hybridized carbons (Fsp3) is 0.385. The maximum Gasteiger partial charge on any atom is 0.306 e. The van der Waals surface area contributed by atoms with Crippen LogP contribution in [0.3, 0.4) is 0 Å². The van der Waals surface area contributed by atoms with Gasteiger partial charge in [0.1, 0.15) is 0 Å². The predicted molar refractivity (Wildman–Crippen MR) is 82.2 cm³/mol. The summed E-state index contributed by atoms with van der Waals surface area (Å²) in [6, 6.07) is 3.59. The van der Waals surface area contributed by atoms with Crippen LogP contribution in [0.5, 0.6) is 0 Å². The third kappa shape index (κ3) is 2.57. The summed E-state index contributed by atoms with van der Waals surface area (Å²) in [6.45, 7) is 1.44. The highest BCUT2D eigenvalue weighted by molar-refractivity contribution is 7.22. The summed E-state index contributed by atoms with van der Waals surface area (Å²) in [5.74, 6) is -0.933. The lowest BCUT2D eigenvalue weighted by molar-refractivity contribution is -0.142. The summed E-state index contributed by atoms with van der Waals surface area (Å²) in [4.78, 5) is 17.6. The second-order valence-corrected chi connectivity index (χ2v) is 6.65. The van der Waals surface area contributed by atoms with E-state index in [2.05, 4.69) is 9.88 Å². The molecule has 0 spiro atoms. The van der Waals surface area contributed by atoms with Gasteiger partial charge in [-0.1, -0.05) is 34.5 Å². The standard InChI is InChI=1S/C13H12Cl2N2O2S/c14-8-5-10-11(6-9(8)15)20-13(16-10)17-3-1-7(2-4-17)12(18)19/h5-7H,1-4H2,(H,18,19). The van der Waals surface area contributed by atoms with Crippen LogP contribution < -0.4 is 4.90 Å². The number of benzene rings is 1. The summed E-state index contributed by atoms with van der Waals surface area (Å²) < 4.78 is 0.995. The quantitative estimate of drug-likeness (QED) is 0.907. The summed E-state index contributed by atoms with van der Waals surface area (Å²) in [5.41, 5.74) is 0.833. The lowest BCUT2D eigenvalue weighted by Crippen LogP contribution is -2.36. The van der Waals surface area contributed by atoms with E-state index in [9.17, 15) is 4.79 Å². The number of anilines is 1. The Balaban J connectivity index is 1.83. The predicted octanol–water partition coefficient (Wildman–Crippen LogP) is 3.90. The number of carbonyl (C=O) groups is 1. The molecule has 1 fully saturated rings. The molecule has 0 amide bonds. The molecule has 4 nitrogen and oxygen atoms in total. The average Bonchev–Trinajstić information content (AvgIpc) is 2.82. The average molecular weight is 331 g/mol. The first-order valence-electron chi connectivity index (χ1n) is 6.28. The van der Waals surface area contributed by atoms with E-state index in [1.807, 2.05) is 6.07 Å². The fourth-order valence-corrected chi connectivity index (χ4v) is 3.79. The number of fused-ring (bicyclic) bond motifs is 1. The molecule has 1 saturated heterocycles. The van der Waals surface area contributed by atoms with Gasteiger partial charge >= 0.3 is 5.97 Å². The van der Waals surface area contributed by atoms with Crippen molar-refractivity contribution in [3.05, 3.63) is 22.2 Å². The summed E-state index contributed by atoms with van der Waals surface area (Å²) in [5, 5.41) is 10.9. The number of aliphatic carboxylic acids is 1. The Labute approximate surface area is 129 Å². The van der Waals surface area contributed by atoms with Crippen LogP contribution in [0.25, 0.3) is 10.2 Å². The highest BCUT2D eigenvalue weighted by Gasteiger charge is 2.26. The molecule has 1 aliphatic heterocycles. The van der Waals surface area contributed by atoms with Crippen LogP contribution in [-0.4, -0.2) is 29.1 Å². The molecular weight excluding hydrogens is 319 g/mol. The molecule has 0 aliphatic carbocycles. The lowest BCUT2D eigenvalue weighted by atomic mass is 9.98. The molecule has 1 aromatic heterocycles. The van der Waals surface area contributed by atoms with Gasteiger partial charge in [0.15, 0.2) is 5.13 Å². The van der Waals surface area contributed by atoms with Crippen molar-refractivity contribution in [2.75, 3.05) is 18.0 Å². The molecule has 0 bridgehead atoms. The molecule has 1 aliphatic rings. The maximum atomic E-state index is 11.0. The first-order chi connectivity index (χ1) is 9.54. The first kappa shape index (κ1) is 13.9. The zero-order valence-electron chi connectivity index (χ0n) is 10.5.